The molecule has 2 aromatic heterocycles. The third-order valence-electron chi connectivity index (χ3n) is 2.28. The molecule has 0 aliphatic rings. The number of halogens is 1. The standard InChI is InChI=1S/C10H12BrN3S2/c1-6-4-8(16-10(6)11)7(14-12)5-9-13-2-3-15-9/h2-4,7,14H,5,12H2,1H3. The molecule has 0 aliphatic heterocycles. The third-order valence-corrected chi connectivity index (χ3v) is 5.34. The Morgan fingerprint density at radius 3 is 2.94 bits per heavy atom. The molecule has 3 N–H and O–H groups in total. The Kier molecular flexibility index (Phi) is 4.10. The molecule has 1 atom stereocenters. The number of rotatable bonds is 4. The van der Waals surface area contributed by atoms with E-state index in [9.17, 15) is 0 Å². The van der Waals surface area contributed by atoms with Gasteiger partial charge in [0.1, 0.15) is 0 Å². The van der Waals surface area contributed by atoms with E-state index < -0.39 is 0 Å². The van der Waals surface area contributed by atoms with Gasteiger partial charge in [0.15, 0.2) is 0 Å². The molecule has 0 aromatic carbocycles. The lowest BCUT2D eigenvalue weighted by molar-refractivity contribution is 0.559. The van der Waals surface area contributed by atoms with Crippen LogP contribution in [0.2, 0.25) is 0 Å². The smallest absolute Gasteiger partial charge is 0.0944 e. The molecule has 6 heteroatoms. The Morgan fingerprint density at radius 2 is 2.44 bits per heavy atom. The number of aromatic nitrogens is 1. The van der Waals surface area contributed by atoms with E-state index in [4.69, 9.17) is 5.84 Å². The van der Waals surface area contributed by atoms with Crippen LogP contribution in [-0.2, 0) is 6.42 Å². The van der Waals surface area contributed by atoms with Crippen LogP contribution in [0.4, 0.5) is 0 Å². The minimum atomic E-state index is 0.140. The van der Waals surface area contributed by atoms with Gasteiger partial charge in [-0.15, -0.1) is 22.7 Å². The summed E-state index contributed by atoms with van der Waals surface area (Å²) in [7, 11) is 0. The average molecular weight is 318 g/mol. The van der Waals surface area contributed by atoms with Gasteiger partial charge in [-0.3, -0.25) is 11.3 Å². The van der Waals surface area contributed by atoms with Gasteiger partial charge in [0, 0.05) is 22.9 Å². The quantitative estimate of drug-likeness (QED) is 0.673. The normalized spacial score (nSPS) is 12.9. The molecule has 86 valence electrons. The predicted molar refractivity (Wildman–Crippen MR) is 72.6 cm³/mol. The molecule has 16 heavy (non-hydrogen) atoms. The number of aryl methyl sites for hydroxylation is 1. The molecular formula is C10H12BrN3S2. The third kappa shape index (κ3) is 2.70. The summed E-state index contributed by atoms with van der Waals surface area (Å²) in [6, 6.07) is 2.30. The predicted octanol–water partition coefficient (Wildman–Crippen LogP) is 3.02. The molecule has 0 fully saturated rings. The van der Waals surface area contributed by atoms with E-state index in [0.717, 1.165) is 11.4 Å². The van der Waals surface area contributed by atoms with Crippen LogP contribution in [0.5, 0.6) is 0 Å². The largest absolute Gasteiger partial charge is 0.271 e. The SMILES string of the molecule is Cc1cc(C(Cc2nccs2)NN)sc1Br. The molecule has 0 amide bonds. The molecule has 0 saturated heterocycles. The number of thiophene rings is 1. The van der Waals surface area contributed by atoms with Gasteiger partial charge in [0.05, 0.1) is 14.8 Å². The minimum absolute atomic E-state index is 0.140. The van der Waals surface area contributed by atoms with Gasteiger partial charge in [0.25, 0.3) is 0 Å². The van der Waals surface area contributed by atoms with Crippen molar-refractivity contribution in [2.75, 3.05) is 0 Å². The Bertz CT molecular complexity index is 433. The van der Waals surface area contributed by atoms with Crippen LogP contribution in [0, 0.1) is 6.92 Å². The molecule has 3 nitrogen and oxygen atoms in total. The van der Waals surface area contributed by atoms with Crippen molar-refractivity contribution < 1.29 is 0 Å². The van der Waals surface area contributed by atoms with E-state index in [-0.39, 0.29) is 6.04 Å². The van der Waals surface area contributed by atoms with E-state index in [1.54, 1.807) is 22.7 Å². The molecule has 0 bridgehead atoms. The van der Waals surface area contributed by atoms with Crippen molar-refractivity contribution in [2.24, 2.45) is 5.84 Å². The van der Waals surface area contributed by atoms with Crippen molar-refractivity contribution in [2.45, 2.75) is 19.4 Å². The second-order valence-electron chi connectivity index (χ2n) is 3.45. The highest BCUT2D eigenvalue weighted by Gasteiger charge is 2.15. The molecular weight excluding hydrogens is 306 g/mol. The van der Waals surface area contributed by atoms with Crippen LogP contribution in [0.25, 0.3) is 0 Å². The Balaban J connectivity index is 2.16. The maximum Gasteiger partial charge on any atom is 0.0944 e. The zero-order valence-electron chi connectivity index (χ0n) is 8.74. The van der Waals surface area contributed by atoms with Gasteiger partial charge in [-0.1, -0.05) is 0 Å². The van der Waals surface area contributed by atoms with E-state index in [1.807, 2.05) is 11.6 Å². The van der Waals surface area contributed by atoms with Crippen molar-refractivity contribution in [3.8, 4) is 0 Å². The molecule has 0 spiro atoms. The number of thiazole rings is 1. The van der Waals surface area contributed by atoms with Crippen molar-refractivity contribution in [1.82, 2.24) is 10.4 Å². The van der Waals surface area contributed by atoms with Crippen molar-refractivity contribution in [3.05, 3.63) is 36.9 Å². The second kappa shape index (κ2) is 5.37. The van der Waals surface area contributed by atoms with Crippen LogP contribution >= 0.6 is 38.6 Å². The fourth-order valence-electron chi connectivity index (χ4n) is 1.43. The number of hydrogen-bond acceptors (Lipinski definition) is 5. The topological polar surface area (TPSA) is 50.9 Å². The fraction of sp³-hybridized carbons (Fsp3) is 0.300. The van der Waals surface area contributed by atoms with Crippen LogP contribution in [-0.4, -0.2) is 4.98 Å². The number of nitrogens with two attached hydrogens (primary N) is 1. The lowest BCUT2D eigenvalue weighted by Gasteiger charge is -2.11. The van der Waals surface area contributed by atoms with Crippen molar-refractivity contribution in [3.63, 3.8) is 0 Å². The monoisotopic (exact) mass is 317 g/mol. The van der Waals surface area contributed by atoms with E-state index in [1.165, 1.54) is 14.2 Å². The van der Waals surface area contributed by atoms with Gasteiger partial charge in [-0.2, -0.15) is 0 Å². The maximum atomic E-state index is 5.60. The lowest BCUT2D eigenvalue weighted by atomic mass is 10.2. The van der Waals surface area contributed by atoms with E-state index in [2.05, 4.69) is 39.3 Å². The van der Waals surface area contributed by atoms with Gasteiger partial charge in [0.2, 0.25) is 0 Å². The van der Waals surface area contributed by atoms with E-state index >= 15 is 0 Å². The van der Waals surface area contributed by atoms with Crippen LogP contribution in [0.3, 0.4) is 0 Å². The fourth-order valence-corrected chi connectivity index (χ4v) is 3.72. The minimum Gasteiger partial charge on any atom is -0.271 e. The highest BCUT2D eigenvalue weighted by atomic mass is 79.9. The zero-order chi connectivity index (χ0) is 11.5. The van der Waals surface area contributed by atoms with Crippen LogP contribution < -0.4 is 11.3 Å². The summed E-state index contributed by atoms with van der Waals surface area (Å²) in [5, 5.41) is 3.09. The summed E-state index contributed by atoms with van der Waals surface area (Å²) in [5.41, 5.74) is 4.10. The second-order valence-corrected chi connectivity index (χ2v) is 6.84. The lowest BCUT2D eigenvalue weighted by Crippen LogP contribution is -2.28. The number of hydrazine groups is 1. The molecule has 0 aliphatic carbocycles. The van der Waals surface area contributed by atoms with Crippen molar-refractivity contribution >= 4 is 38.6 Å². The molecule has 2 aromatic rings. The van der Waals surface area contributed by atoms with Gasteiger partial charge in [-0.05, 0) is 34.5 Å². The summed E-state index contributed by atoms with van der Waals surface area (Å²) in [4.78, 5) is 5.51. The summed E-state index contributed by atoms with van der Waals surface area (Å²) in [6.45, 7) is 2.08. The van der Waals surface area contributed by atoms with Crippen LogP contribution in [0.15, 0.2) is 21.4 Å². The maximum absolute atomic E-state index is 5.60. The highest BCUT2D eigenvalue weighted by Crippen LogP contribution is 2.32. The molecule has 0 radical (unpaired) electrons. The van der Waals surface area contributed by atoms with E-state index in [0.29, 0.717) is 0 Å². The summed E-state index contributed by atoms with van der Waals surface area (Å²) >= 11 is 6.91. The highest BCUT2D eigenvalue weighted by molar-refractivity contribution is 9.11. The van der Waals surface area contributed by atoms with Crippen LogP contribution in [0.1, 0.15) is 21.5 Å². The Labute approximate surface area is 111 Å². The Hall–Kier alpha value is -0.270. The number of nitrogens with one attached hydrogen (secondary N) is 1. The summed E-state index contributed by atoms with van der Waals surface area (Å²) < 4.78 is 1.17. The number of nitrogens with zero attached hydrogens (tertiary/aromatic N) is 1. The first kappa shape index (κ1) is 12.2. The summed E-state index contributed by atoms with van der Waals surface area (Å²) in [6.07, 6.45) is 2.66. The number of hydrogen-bond donors (Lipinski definition) is 2. The van der Waals surface area contributed by atoms with Gasteiger partial charge < -0.3 is 0 Å². The molecule has 1 unspecified atom stereocenters. The first-order valence-electron chi connectivity index (χ1n) is 4.81. The zero-order valence-corrected chi connectivity index (χ0v) is 12.0. The molecule has 2 rings (SSSR count). The first-order chi connectivity index (χ1) is 7.70. The first-order valence-corrected chi connectivity index (χ1v) is 7.30. The van der Waals surface area contributed by atoms with Gasteiger partial charge >= 0.3 is 0 Å². The molecule has 2 heterocycles. The summed E-state index contributed by atoms with van der Waals surface area (Å²) in [5.74, 6) is 5.60. The van der Waals surface area contributed by atoms with Crippen molar-refractivity contribution in [1.29, 1.82) is 0 Å². The average Bonchev–Trinajstić information content (AvgIpc) is 2.86. The molecule has 0 saturated carbocycles. The Morgan fingerprint density at radius 1 is 1.62 bits per heavy atom. The van der Waals surface area contributed by atoms with Gasteiger partial charge in [-0.25, -0.2) is 4.98 Å².